The summed E-state index contributed by atoms with van der Waals surface area (Å²) in [5, 5.41) is 7.23. The molecule has 3 aromatic rings. The normalized spacial score (nSPS) is 10.7. The molecule has 100 valence electrons. The van der Waals surface area contributed by atoms with Crippen LogP contribution >= 0.6 is 28.1 Å². The summed E-state index contributed by atoms with van der Waals surface area (Å²) < 4.78 is 3.51. The first kappa shape index (κ1) is 13.3. The molecule has 0 radical (unpaired) electrons. The highest BCUT2D eigenvalue weighted by Crippen LogP contribution is 2.28. The number of hydrogen-bond donors (Lipinski definition) is 1. The van der Waals surface area contributed by atoms with E-state index >= 15 is 0 Å². The number of hydrogen-bond acceptors (Lipinski definition) is 2. The Hall–Kier alpha value is -1.72. The monoisotopic (exact) mass is 345 g/mol. The quantitative estimate of drug-likeness (QED) is 0.684. The Morgan fingerprint density at radius 1 is 1.10 bits per heavy atom. The van der Waals surface area contributed by atoms with Gasteiger partial charge in [0, 0.05) is 15.7 Å². The van der Waals surface area contributed by atoms with Gasteiger partial charge in [-0.3, -0.25) is 9.67 Å². The van der Waals surface area contributed by atoms with Crippen LogP contribution in [0.25, 0.3) is 17.1 Å². The van der Waals surface area contributed by atoms with E-state index in [-0.39, 0.29) is 0 Å². The van der Waals surface area contributed by atoms with Crippen molar-refractivity contribution in [3.8, 4) is 17.1 Å². The number of rotatable bonds is 2. The van der Waals surface area contributed by atoms with Crippen molar-refractivity contribution in [3.05, 3.63) is 63.3 Å². The molecule has 0 saturated carbocycles. The van der Waals surface area contributed by atoms with E-state index in [0.717, 1.165) is 21.5 Å². The molecule has 3 rings (SSSR count). The number of halogens is 1. The Morgan fingerprint density at radius 3 is 2.50 bits per heavy atom. The molecule has 0 saturated heterocycles. The van der Waals surface area contributed by atoms with Crippen LogP contribution in [-0.4, -0.2) is 14.8 Å². The number of aryl methyl sites for hydroxylation is 1. The zero-order valence-corrected chi connectivity index (χ0v) is 13.2. The van der Waals surface area contributed by atoms with Gasteiger partial charge >= 0.3 is 0 Å². The predicted octanol–water partition coefficient (Wildman–Crippen LogP) is 4.67. The molecule has 0 bridgehead atoms. The van der Waals surface area contributed by atoms with Gasteiger partial charge in [0.15, 0.2) is 10.6 Å². The zero-order valence-electron chi connectivity index (χ0n) is 10.8. The molecular formula is C15H12BrN3S. The van der Waals surface area contributed by atoms with Crippen molar-refractivity contribution in [3.63, 3.8) is 0 Å². The molecule has 0 amide bonds. The van der Waals surface area contributed by atoms with Gasteiger partial charge in [0.25, 0.3) is 0 Å². The molecule has 0 fully saturated rings. The first-order chi connectivity index (χ1) is 9.66. The van der Waals surface area contributed by atoms with E-state index in [9.17, 15) is 0 Å². The molecule has 1 N–H and O–H groups in total. The first-order valence-corrected chi connectivity index (χ1v) is 7.36. The van der Waals surface area contributed by atoms with E-state index in [0.29, 0.717) is 4.77 Å². The number of aromatic amines is 1. The third-order valence-electron chi connectivity index (χ3n) is 3.08. The fraction of sp³-hybridized carbons (Fsp3) is 0.0667. The van der Waals surface area contributed by atoms with E-state index in [1.807, 2.05) is 41.0 Å². The fourth-order valence-electron chi connectivity index (χ4n) is 2.05. The lowest BCUT2D eigenvalue weighted by Crippen LogP contribution is -1.98. The van der Waals surface area contributed by atoms with Crippen LogP contribution in [-0.2, 0) is 0 Å². The van der Waals surface area contributed by atoms with Gasteiger partial charge in [-0.25, -0.2) is 0 Å². The van der Waals surface area contributed by atoms with Crippen molar-refractivity contribution in [1.82, 2.24) is 14.8 Å². The van der Waals surface area contributed by atoms with Gasteiger partial charge in [0.2, 0.25) is 0 Å². The van der Waals surface area contributed by atoms with Gasteiger partial charge in [-0.05, 0) is 37.3 Å². The highest BCUT2D eigenvalue weighted by molar-refractivity contribution is 9.10. The van der Waals surface area contributed by atoms with Crippen LogP contribution < -0.4 is 0 Å². The molecular weight excluding hydrogens is 334 g/mol. The van der Waals surface area contributed by atoms with Gasteiger partial charge in [-0.2, -0.15) is 5.10 Å². The predicted molar refractivity (Wildman–Crippen MR) is 86.6 cm³/mol. The highest BCUT2D eigenvalue weighted by atomic mass is 79.9. The van der Waals surface area contributed by atoms with E-state index < -0.39 is 0 Å². The van der Waals surface area contributed by atoms with Gasteiger partial charge in [-0.15, -0.1) is 0 Å². The lowest BCUT2D eigenvalue weighted by Gasteiger charge is -2.08. The van der Waals surface area contributed by atoms with Crippen molar-refractivity contribution in [2.45, 2.75) is 6.92 Å². The molecule has 0 unspecified atom stereocenters. The molecule has 0 spiro atoms. The van der Waals surface area contributed by atoms with Crippen LogP contribution in [0.3, 0.4) is 0 Å². The second-order valence-corrected chi connectivity index (χ2v) is 5.74. The number of nitrogens with zero attached hydrogens (tertiary/aromatic N) is 2. The molecule has 0 aliphatic carbocycles. The Balaban J connectivity index is 2.23. The molecule has 1 aromatic heterocycles. The molecule has 0 atom stereocenters. The van der Waals surface area contributed by atoms with Crippen molar-refractivity contribution in [2.24, 2.45) is 0 Å². The minimum atomic E-state index is 0.583. The van der Waals surface area contributed by atoms with E-state index in [1.54, 1.807) is 0 Å². The van der Waals surface area contributed by atoms with Crippen LogP contribution in [0, 0.1) is 11.7 Å². The van der Waals surface area contributed by atoms with Crippen LogP contribution in [0.15, 0.2) is 53.0 Å². The summed E-state index contributed by atoms with van der Waals surface area (Å²) in [5.41, 5.74) is 3.21. The third kappa shape index (κ3) is 2.34. The van der Waals surface area contributed by atoms with Crippen LogP contribution in [0.4, 0.5) is 0 Å². The highest BCUT2D eigenvalue weighted by Gasteiger charge is 2.12. The van der Waals surface area contributed by atoms with Crippen LogP contribution in [0.2, 0.25) is 0 Å². The summed E-state index contributed by atoms with van der Waals surface area (Å²) in [6.07, 6.45) is 0. The average Bonchev–Trinajstić information content (AvgIpc) is 2.82. The summed E-state index contributed by atoms with van der Waals surface area (Å²) >= 11 is 8.92. The number of benzene rings is 2. The lowest BCUT2D eigenvalue weighted by molar-refractivity contribution is 1.03. The summed E-state index contributed by atoms with van der Waals surface area (Å²) in [6.45, 7) is 2.06. The van der Waals surface area contributed by atoms with Gasteiger partial charge < -0.3 is 0 Å². The topological polar surface area (TPSA) is 33.6 Å². The number of aromatic nitrogens is 3. The second-order valence-electron chi connectivity index (χ2n) is 4.50. The first-order valence-electron chi connectivity index (χ1n) is 6.16. The fourth-order valence-corrected chi connectivity index (χ4v) is 2.75. The number of nitrogens with one attached hydrogen (secondary N) is 1. The lowest BCUT2D eigenvalue weighted by atomic mass is 10.2. The second kappa shape index (κ2) is 5.34. The van der Waals surface area contributed by atoms with Crippen molar-refractivity contribution >= 4 is 28.1 Å². The smallest absolute Gasteiger partial charge is 0.200 e. The number of H-pyrrole nitrogens is 1. The molecule has 5 heteroatoms. The largest absolute Gasteiger partial charge is 0.268 e. The molecule has 20 heavy (non-hydrogen) atoms. The summed E-state index contributed by atoms with van der Waals surface area (Å²) in [4.78, 5) is 0. The average molecular weight is 346 g/mol. The molecule has 0 aliphatic heterocycles. The molecule has 3 nitrogen and oxygen atoms in total. The van der Waals surface area contributed by atoms with Gasteiger partial charge in [0.05, 0.1) is 0 Å². The maximum Gasteiger partial charge on any atom is 0.200 e. The van der Waals surface area contributed by atoms with E-state index in [2.05, 4.69) is 45.2 Å². The van der Waals surface area contributed by atoms with Crippen LogP contribution in [0.1, 0.15) is 5.56 Å². The molecule has 1 heterocycles. The summed E-state index contributed by atoms with van der Waals surface area (Å²) in [7, 11) is 0. The van der Waals surface area contributed by atoms with E-state index in [1.165, 1.54) is 5.56 Å². The van der Waals surface area contributed by atoms with Gasteiger partial charge in [0.1, 0.15) is 0 Å². The Morgan fingerprint density at radius 2 is 1.80 bits per heavy atom. The Bertz CT molecular complexity index is 802. The molecule has 0 aliphatic rings. The van der Waals surface area contributed by atoms with Crippen LogP contribution in [0.5, 0.6) is 0 Å². The summed E-state index contributed by atoms with van der Waals surface area (Å²) in [6, 6.07) is 16.2. The summed E-state index contributed by atoms with van der Waals surface area (Å²) in [5.74, 6) is 0.798. The minimum absolute atomic E-state index is 0.583. The van der Waals surface area contributed by atoms with Crippen molar-refractivity contribution in [2.75, 3.05) is 0 Å². The Labute approximate surface area is 130 Å². The van der Waals surface area contributed by atoms with E-state index in [4.69, 9.17) is 12.2 Å². The van der Waals surface area contributed by atoms with Crippen molar-refractivity contribution < 1.29 is 0 Å². The molecule has 2 aromatic carbocycles. The standard InChI is InChI=1S/C15H12BrN3S/c1-10-6-8-11(9-7-10)19-14(17-18-15(19)20)12-4-2-3-5-13(12)16/h2-9H,1H3,(H,18,20). The SMILES string of the molecule is Cc1ccc(-n2c(-c3ccccc3Br)n[nH]c2=S)cc1. The van der Waals surface area contributed by atoms with Crippen molar-refractivity contribution in [1.29, 1.82) is 0 Å². The zero-order chi connectivity index (χ0) is 14.1. The Kier molecular flexibility index (Phi) is 3.54. The minimum Gasteiger partial charge on any atom is -0.268 e. The maximum atomic E-state index is 5.36. The third-order valence-corrected chi connectivity index (χ3v) is 4.04. The maximum absolute atomic E-state index is 5.36. The van der Waals surface area contributed by atoms with Gasteiger partial charge in [-0.1, -0.05) is 51.8 Å².